The molecular formula is C12H13N3O3S. The van der Waals surface area contributed by atoms with Crippen LogP contribution in [0.25, 0.3) is 0 Å². The average molecular weight is 279 g/mol. The van der Waals surface area contributed by atoms with E-state index in [1.165, 1.54) is 25.4 Å². The summed E-state index contributed by atoms with van der Waals surface area (Å²) in [6.07, 6.45) is 1.43. The summed E-state index contributed by atoms with van der Waals surface area (Å²) in [4.78, 5) is 3.69. The average Bonchev–Trinajstić information content (AvgIpc) is 2.39. The molecule has 2 rings (SSSR count). The Kier molecular flexibility index (Phi) is 3.57. The van der Waals surface area contributed by atoms with E-state index in [4.69, 9.17) is 10.5 Å². The third-order valence-corrected chi connectivity index (χ3v) is 3.85. The summed E-state index contributed by atoms with van der Waals surface area (Å²) in [7, 11) is -2.33. The first-order valence-corrected chi connectivity index (χ1v) is 6.89. The predicted molar refractivity (Wildman–Crippen MR) is 72.5 cm³/mol. The molecule has 0 atom stereocenters. The molecule has 0 saturated heterocycles. The van der Waals surface area contributed by atoms with E-state index < -0.39 is 10.0 Å². The van der Waals surface area contributed by atoms with E-state index in [9.17, 15) is 8.42 Å². The number of hydrogen-bond donors (Lipinski definition) is 2. The van der Waals surface area contributed by atoms with Gasteiger partial charge in [-0.15, -0.1) is 0 Å². The second-order valence-corrected chi connectivity index (χ2v) is 5.34. The Hall–Kier alpha value is -2.28. The molecule has 100 valence electrons. The number of rotatable bonds is 4. The Morgan fingerprint density at radius 1 is 1.21 bits per heavy atom. The molecule has 0 aliphatic rings. The van der Waals surface area contributed by atoms with E-state index >= 15 is 0 Å². The van der Waals surface area contributed by atoms with Gasteiger partial charge in [-0.25, -0.2) is 13.4 Å². The predicted octanol–water partition coefficient (Wildman–Crippen LogP) is 1.47. The molecule has 1 aromatic heterocycles. The van der Waals surface area contributed by atoms with Crippen molar-refractivity contribution in [2.45, 2.75) is 4.90 Å². The van der Waals surface area contributed by atoms with Gasteiger partial charge >= 0.3 is 0 Å². The van der Waals surface area contributed by atoms with Crippen molar-refractivity contribution in [1.82, 2.24) is 4.98 Å². The number of nitrogens with zero attached hydrogens (tertiary/aromatic N) is 1. The molecule has 1 heterocycles. The number of methoxy groups -OCH3 is 1. The van der Waals surface area contributed by atoms with E-state index in [0.717, 1.165) is 0 Å². The van der Waals surface area contributed by atoms with Gasteiger partial charge < -0.3 is 10.5 Å². The summed E-state index contributed by atoms with van der Waals surface area (Å²) in [5.41, 5.74) is 5.91. The van der Waals surface area contributed by atoms with E-state index in [1.807, 2.05) is 0 Å². The number of nitrogens with two attached hydrogens (primary N) is 1. The highest BCUT2D eigenvalue weighted by Gasteiger charge is 2.19. The van der Waals surface area contributed by atoms with Gasteiger partial charge in [0.25, 0.3) is 10.0 Å². The van der Waals surface area contributed by atoms with Crippen LogP contribution in [0.1, 0.15) is 0 Å². The Morgan fingerprint density at radius 3 is 2.63 bits per heavy atom. The van der Waals surface area contributed by atoms with Gasteiger partial charge in [0.15, 0.2) is 0 Å². The van der Waals surface area contributed by atoms with Crippen molar-refractivity contribution in [3.63, 3.8) is 0 Å². The molecule has 0 amide bonds. The molecule has 6 nitrogen and oxygen atoms in total. The highest BCUT2D eigenvalue weighted by molar-refractivity contribution is 7.92. The second-order valence-electron chi connectivity index (χ2n) is 3.69. The number of para-hydroxylation sites is 2. The number of sulfonamides is 1. The normalized spacial score (nSPS) is 11.0. The van der Waals surface area contributed by atoms with Crippen molar-refractivity contribution in [3.8, 4) is 5.75 Å². The van der Waals surface area contributed by atoms with Crippen LogP contribution in [0.2, 0.25) is 0 Å². The molecule has 2 aromatic rings. The number of benzene rings is 1. The van der Waals surface area contributed by atoms with Crippen LogP contribution in [0.4, 0.5) is 11.5 Å². The van der Waals surface area contributed by atoms with E-state index in [1.54, 1.807) is 24.3 Å². The topological polar surface area (TPSA) is 94.3 Å². The van der Waals surface area contributed by atoms with Crippen molar-refractivity contribution in [3.05, 3.63) is 42.6 Å². The lowest BCUT2D eigenvalue weighted by atomic mass is 10.3. The fourth-order valence-electron chi connectivity index (χ4n) is 1.56. The zero-order chi connectivity index (χ0) is 13.9. The maximum absolute atomic E-state index is 12.2. The number of pyridine rings is 1. The first-order valence-electron chi connectivity index (χ1n) is 5.41. The van der Waals surface area contributed by atoms with Crippen molar-refractivity contribution in [2.24, 2.45) is 0 Å². The van der Waals surface area contributed by atoms with Gasteiger partial charge in [-0.05, 0) is 24.3 Å². The first-order chi connectivity index (χ1) is 9.04. The number of aromatic nitrogens is 1. The molecule has 1 aromatic carbocycles. The summed E-state index contributed by atoms with van der Waals surface area (Å²) >= 11 is 0. The van der Waals surface area contributed by atoms with Crippen molar-refractivity contribution in [2.75, 3.05) is 17.6 Å². The zero-order valence-electron chi connectivity index (χ0n) is 10.2. The summed E-state index contributed by atoms with van der Waals surface area (Å²) in [6.45, 7) is 0. The first kappa shape index (κ1) is 13.2. The lowest BCUT2D eigenvalue weighted by molar-refractivity contribution is 0.417. The maximum atomic E-state index is 12.2. The van der Waals surface area contributed by atoms with Crippen LogP contribution in [0.5, 0.6) is 5.75 Å². The van der Waals surface area contributed by atoms with Crippen LogP contribution < -0.4 is 15.2 Å². The Labute approximate surface area is 111 Å². The monoisotopic (exact) mass is 279 g/mol. The van der Waals surface area contributed by atoms with Gasteiger partial charge in [0, 0.05) is 6.20 Å². The largest absolute Gasteiger partial charge is 0.495 e. The Bertz CT molecular complexity index is 686. The second kappa shape index (κ2) is 5.15. The van der Waals surface area contributed by atoms with Gasteiger partial charge in [0.05, 0.1) is 12.8 Å². The van der Waals surface area contributed by atoms with E-state index in [0.29, 0.717) is 11.4 Å². The number of nitrogen functional groups attached to an aromatic ring is 1. The highest BCUT2D eigenvalue weighted by atomic mass is 32.2. The van der Waals surface area contributed by atoms with Crippen molar-refractivity contribution >= 4 is 21.5 Å². The van der Waals surface area contributed by atoms with Crippen molar-refractivity contribution in [1.29, 1.82) is 0 Å². The number of nitrogens with one attached hydrogen (secondary N) is 1. The lowest BCUT2D eigenvalue weighted by Gasteiger charge is -2.12. The van der Waals surface area contributed by atoms with Crippen LogP contribution in [-0.2, 0) is 10.0 Å². The molecule has 0 fully saturated rings. The van der Waals surface area contributed by atoms with Crippen molar-refractivity contribution < 1.29 is 13.2 Å². The molecule has 0 unspecified atom stereocenters. The smallest absolute Gasteiger partial charge is 0.265 e. The summed E-state index contributed by atoms with van der Waals surface area (Å²) in [5, 5.41) is 0. The van der Waals surface area contributed by atoms with Crippen LogP contribution in [0, 0.1) is 0 Å². The maximum Gasteiger partial charge on any atom is 0.265 e. The van der Waals surface area contributed by atoms with Gasteiger partial charge in [-0.2, -0.15) is 0 Å². The highest BCUT2D eigenvalue weighted by Crippen LogP contribution is 2.27. The molecule has 3 N–H and O–H groups in total. The van der Waals surface area contributed by atoms with E-state index in [-0.39, 0.29) is 10.7 Å². The number of anilines is 2. The quantitative estimate of drug-likeness (QED) is 0.883. The third-order valence-electron chi connectivity index (χ3n) is 2.44. The van der Waals surface area contributed by atoms with Gasteiger partial charge in [-0.1, -0.05) is 12.1 Å². The third kappa shape index (κ3) is 2.76. The molecule has 0 bridgehead atoms. The van der Waals surface area contributed by atoms with Gasteiger partial charge in [-0.3, -0.25) is 4.72 Å². The van der Waals surface area contributed by atoms with Crippen LogP contribution >= 0.6 is 0 Å². The fraction of sp³-hybridized carbons (Fsp3) is 0.0833. The van der Waals surface area contributed by atoms with E-state index in [2.05, 4.69) is 9.71 Å². The molecule has 0 radical (unpaired) electrons. The number of hydrogen-bond acceptors (Lipinski definition) is 5. The Morgan fingerprint density at radius 2 is 1.95 bits per heavy atom. The minimum Gasteiger partial charge on any atom is -0.495 e. The minimum atomic E-state index is -3.79. The Balaban J connectivity index is 2.40. The molecule has 0 aliphatic heterocycles. The summed E-state index contributed by atoms with van der Waals surface area (Å²) in [6, 6.07) is 9.60. The SMILES string of the molecule is COc1ccccc1NS(=O)(=O)c1cccnc1N. The minimum absolute atomic E-state index is 0.0510. The molecule has 0 spiro atoms. The van der Waals surface area contributed by atoms with Crippen LogP contribution in [-0.4, -0.2) is 20.5 Å². The van der Waals surface area contributed by atoms with Gasteiger partial charge in [0.1, 0.15) is 16.5 Å². The summed E-state index contributed by atoms with van der Waals surface area (Å²) in [5.74, 6) is 0.374. The zero-order valence-corrected chi connectivity index (χ0v) is 11.0. The summed E-state index contributed by atoms with van der Waals surface area (Å²) < 4.78 is 31.9. The fourth-order valence-corrected chi connectivity index (χ4v) is 2.71. The molecule has 0 aliphatic carbocycles. The van der Waals surface area contributed by atoms with Crippen LogP contribution in [0.3, 0.4) is 0 Å². The molecule has 0 saturated carbocycles. The number of ether oxygens (including phenoxy) is 1. The lowest BCUT2D eigenvalue weighted by Crippen LogP contribution is -2.15. The standard InChI is InChI=1S/C12H13N3O3S/c1-18-10-6-3-2-5-9(10)15-19(16,17)11-7-4-8-14-12(11)13/h2-8,15H,1H3,(H2,13,14). The molecular weight excluding hydrogens is 266 g/mol. The molecule has 19 heavy (non-hydrogen) atoms. The van der Waals surface area contributed by atoms with Gasteiger partial charge in [0.2, 0.25) is 0 Å². The molecule has 7 heteroatoms. The van der Waals surface area contributed by atoms with Crippen LogP contribution in [0.15, 0.2) is 47.5 Å².